The smallest absolute Gasteiger partial charge is 0.335 e. The number of rotatable bonds is 8. The summed E-state index contributed by atoms with van der Waals surface area (Å²) in [5, 5.41) is 13.1. The first-order chi connectivity index (χ1) is 16.4. The highest BCUT2D eigenvalue weighted by Gasteiger charge is 2.29. The highest BCUT2D eigenvalue weighted by atomic mass is 35.5. The number of carboxylic acid groups (broad SMARTS) is 1. The van der Waals surface area contributed by atoms with Crippen molar-refractivity contribution in [2.45, 2.75) is 44.8 Å². The Morgan fingerprint density at radius 2 is 1.97 bits per heavy atom. The van der Waals surface area contributed by atoms with Crippen LogP contribution in [0.15, 0.2) is 60.7 Å². The topological polar surface area (TPSA) is 67.8 Å². The van der Waals surface area contributed by atoms with Crippen molar-refractivity contribution in [1.29, 1.82) is 0 Å². The van der Waals surface area contributed by atoms with Crippen LogP contribution in [-0.2, 0) is 0 Å². The molecule has 3 aromatic carbocycles. The maximum atomic E-state index is 13.7. The molecule has 3 aromatic rings. The Bertz CT molecular complexity index is 1190. The van der Waals surface area contributed by atoms with E-state index in [1.807, 2.05) is 44.2 Å². The molecule has 0 saturated heterocycles. The molecule has 1 aliphatic rings. The predicted octanol–water partition coefficient (Wildman–Crippen LogP) is 6.29. The van der Waals surface area contributed by atoms with Gasteiger partial charge < -0.3 is 19.9 Å². The molecule has 5 nitrogen and oxygen atoms in total. The van der Waals surface area contributed by atoms with E-state index < -0.39 is 5.97 Å². The summed E-state index contributed by atoms with van der Waals surface area (Å²) >= 11 is 0. The van der Waals surface area contributed by atoms with Gasteiger partial charge in [0.25, 0.3) is 0 Å². The van der Waals surface area contributed by atoms with Crippen LogP contribution in [0.1, 0.15) is 64.3 Å². The van der Waals surface area contributed by atoms with Gasteiger partial charge in [-0.3, -0.25) is 0 Å². The van der Waals surface area contributed by atoms with E-state index in [4.69, 9.17) is 9.47 Å². The lowest BCUT2D eigenvalue weighted by molar-refractivity contribution is 0.0696. The molecule has 0 aromatic heterocycles. The second kappa shape index (κ2) is 11.6. The van der Waals surface area contributed by atoms with E-state index in [1.165, 1.54) is 13.2 Å². The van der Waals surface area contributed by atoms with Gasteiger partial charge in [-0.05, 0) is 74.2 Å². The van der Waals surface area contributed by atoms with E-state index in [0.29, 0.717) is 12.1 Å². The van der Waals surface area contributed by atoms with Crippen molar-refractivity contribution in [2.75, 3.05) is 13.7 Å². The van der Waals surface area contributed by atoms with Crippen LogP contribution in [-0.4, -0.2) is 30.8 Å². The molecule has 0 fully saturated rings. The van der Waals surface area contributed by atoms with Crippen LogP contribution in [0.4, 0.5) is 4.39 Å². The van der Waals surface area contributed by atoms with Gasteiger partial charge >= 0.3 is 5.97 Å². The number of hydrogen-bond acceptors (Lipinski definition) is 4. The third-order valence-corrected chi connectivity index (χ3v) is 6.57. The lowest BCUT2D eigenvalue weighted by Crippen LogP contribution is -2.31. The van der Waals surface area contributed by atoms with Crippen LogP contribution in [0.3, 0.4) is 0 Å². The Morgan fingerprint density at radius 1 is 1.20 bits per heavy atom. The zero-order chi connectivity index (χ0) is 24.2. The highest BCUT2D eigenvalue weighted by molar-refractivity contribution is 5.89. The highest BCUT2D eigenvalue weighted by Crippen LogP contribution is 2.41. The van der Waals surface area contributed by atoms with Gasteiger partial charge in [-0.2, -0.15) is 0 Å². The van der Waals surface area contributed by atoms with E-state index in [1.54, 1.807) is 18.2 Å². The number of ether oxygens (including phenoxy) is 2. The Balaban J connectivity index is 0.00000342. The van der Waals surface area contributed by atoms with Gasteiger partial charge in [0.1, 0.15) is 11.9 Å². The zero-order valence-corrected chi connectivity index (χ0v) is 20.9. The maximum Gasteiger partial charge on any atom is 0.335 e. The molecular formula is C28H31ClFNO4. The fourth-order valence-corrected chi connectivity index (χ4v) is 4.60. The lowest BCUT2D eigenvalue weighted by atomic mass is 9.82. The zero-order valence-electron chi connectivity index (χ0n) is 20.1. The summed E-state index contributed by atoms with van der Waals surface area (Å²) in [7, 11) is 1.46. The molecule has 0 radical (unpaired) electrons. The predicted molar refractivity (Wildman–Crippen MR) is 137 cm³/mol. The molecule has 186 valence electrons. The van der Waals surface area contributed by atoms with Crippen LogP contribution in [0.5, 0.6) is 11.5 Å². The van der Waals surface area contributed by atoms with Gasteiger partial charge in [-0.15, -0.1) is 12.4 Å². The first-order valence-electron chi connectivity index (χ1n) is 11.5. The number of aromatic carboxylic acids is 1. The molecular weight excluding hydrogens is 469 g/mol. The minimum Gasteiger partial charge on any atom is -0.494 e. The first-order valence-corrected chi connectivity index (χ1v) is 11.5. The van der Waals surface area contributed by atoms with Gasteiger partial charge in [0.2, 0.25) is 0 Å². The number of para-hydroxylation sites is 1. The lowest BCUT2D eigenvalue weighted by Gasteiger charge is -2.33. The summed E-state index contributed by atoms with van der Waals surface area (Å²) in [4.78, 5) is 11.7. The molecule has 0 unspecified atom stereocenters. The van der Waals surface area contributed by atoms with Crippen molar-refractivity contribution in [2.24, 2.45) is 0 Å². The number of benzene rings is 3. The summed E-state index contributed by atoms with van der Waals surface area (Å²) in [6.07, 6.45) is 1.53. The Labute approximate surface area is 211 Å². The Kier molecular flexibility index (Phi) is 8.76. The van der Waals surface area contributed by atoms with E-state index in [2.05, 4.69) is 11.4 Å². The van der Waals surface area contributed by atoms with E-state index in [0.717, 1.165) is 40.8 Å². The molecule has 0 aliphatic carbocycles. The van der Waals surface area contributed by atoms with Gasteiger partial charge in [0.15, 0.2) is 11.6 Å². The number of carboxylic acids is 1. The molecule has 1 aliphatic heterocycles. The summed E-state index contributed by atoms with van der Waals surface area (Å²) in [6, 6.07) is 18.6. The summed E-state index contributed by atoms with van der Waals surface area (Å²) < 4.78 is 25.1. The van der Waals surface area contributed by atoms with Crippen LogP contribution < -0.4 is 14.8 Å². The number of nitrogens with one attached hydrogen (secondary N) is 1. The van der Waals surface area contributed by atoms with Crippen molar-refractivity contribution < 1.29 is 23.8 Å². The summed E-state index contributed by atoms with van der Waals surface area (Å²) in [5.74, 6) is -0.141. The third kappa shape index (κ3) is 5.95. The second-order valence-corrected chi connectivity index (χ2v) is 8.80. The van der Waals surface area contributed by atoms with Crippen LogP contribution in [0.25, 0.3) is 0 Å². The van der Waals surface area contributed by atoms with Crippen LogP contribution in [0.2, 0.25) is 0 Å². The number of carbonyl (C=O) groups is 1. The number of methoxy groups -OCH3 is 1. The molecule has 1 heterocycles. The van der Waals surface area contributed by atoms with E-state index in [-0.39, 0.29) is 42.0 Å². The molecule has 3 atom stereocenters. The molecule has 0 saturated carbocycles. The second-order valence-electron chi connectivity index (χ2n) is 8.80. The van der Waals surface area contributed by atoms with Crippen molar-refractivity contribution >= 4 is 18.4 Å². The van der Waals surface area contributed by atoms with Gasteiger partial charge in [-0.1, -0.05) is 36.4 Å². The molecule has 0 spiro atoms. The van der Waals surface area contributed by atoms with Crippen molar-refractivity contribution in [3.63, 3.8) is 0 Å². The van der Waals surface area contributed by atoms with Crippen LogP contribution in [0, 0.1) is 12.7 Å². The van der Waals surface area contributed by atoms with Crippen molar-refractivity contribution in [3.05, 3.63) is 94.3 Å². The molecule has 0 amide bonds. The van der Waals surface area contributed by atoms with Gasteiger partial charge in [-0.25, -0.2) is 9.18 Å². The minimum absolute atomic E-state index is 0. The third-order valence-electron chi connectivity index (χ3n) is 6.57. The molecule has 2 N–H and O–H groups in total. The number of halogens is 2. The van der Waals surface area contributed by atoms with Crippen molar-refractivity contribution in [3.8, 4) is 11.5 Å². The largest absolute Gasteiger partial charge is 0.494 e. The molecule has 7 heteroatoms. The summed E-state index contributed by atoms with van der Waals surface area (Å²) in [6.45, 7) is 4.57. The standard InChI is InChI=1S/C28H30FNO4.ClH/c1-17-8-9-20(14-23(17)28(31)32)24-16-21(34-26-7-5-4-6-22(24)26)12-13-30-18(2)19-10-11-25(29)27(15-19)33-3;/h4-11,14-15,18,21,24,30H,12-13,16H2,1-3H3,(H,31,32);1H/t18-,21+,24+;/m1./s1. The van der Waals surface area contributed by atoms with Crippen LogP contribution >= 0.6 is 12.4 Å². The van der Waals surface area contributed by atoms with Crippen molar-refractivity contribution in [1.82, 2.24) is 5.32 Å². The summed E-state index contributed by atoms with van der Waals surface area (Å²) in [5.41, 5.74) is 4.11. The normalized spacial score (nSPS) is 17.5. The number of fused-ring (bicyclic) bond motifs is 1. The molecule has 0 bridgehead atoms. The molecule has 35 heavy (non-hydrogen) atoms. The SMILES string of the molecule is COc1cc([C@@H](C)NCC[C@H]2C[C@@H](c3ccc(C)c(C(=O)O)c3)c3ccccc3O2)ccc1F.Cl. The quantitative estimate of drug-likeness (QED) is 0.381. The number of aryl methyl sites for hydroxylation is 1. The molecule has 4 rings (SSSR count). The van der Waals surface area contributed by atoms with E-state index >= 15 is 0 Å². The Hall–Kier alpha value is -3.09. The first kappa shape index (κ1) is 26.5. The average Bonchev–Trinajstić information content (AvgIpc) is 2.84. The van der Waals surface area contributed by atoms with Gasteiger partial charge in [0, 0.05) is 17.5 Å². The average molecular weight is 500 g/mol. The fraction of sp³-hybridized carbons (Fsp3) is 0.321. The fourth-order valence-electron chi connectivity index (χ4n) is 4.60. The minimum atomic E-state index is -0.910. The van der Waals surface area contributed by atoms with Gasteiger partial charge in [0.05, 0.1) is 12.7 Å². The maximum absolute atomic E-state index is 13.7. The monoisotopic (exact) mass is 499 g/mol. The van der Waals surface area contributed by atoms with E-state index in [9.17, 15) is 14.3 Å². The number of hydrogen-bond donors (Lipinski definition) is 2. The Morgan fingerprint density at radius 3 is 2.71 bits per heavy atom.